The average molecular weight is 442 g/mol. The van der Waals surface area contributed by atoms with E-state index in [4.69, 9.17) is 4.84 Å². The van der Waals surface area contributed by atoms with E-state index in [2.05, 4.69) is 99.9 Å². The van der Waals surface area contributed by atoms with E-state index in [0.717, 1.165) is 69.7 Å². The topological polar surface area (TPSA) is 28.1 Å². The number of oxime groups is 1. The summed E-state index contributed by atoms with van der Waals surface area (Å²) in [6, 6.07) is 31.8. The van der Waals surface area contributed by atoms with Crippen molar-refractivity contribution in [3.63, 3.8) is 0 Å². The number of benzene rings is 3. The molecule has 3 aromatic rings. The Kier molecular flexibility index (Phi) is 8.95. The minimum atomic E-state index is 0.661. The molecule has 4 heteroatoms. The molecule has 4 nitrogen and oxygen atoms in total. The molecule has 0 saturated carbocycles. The van der Waals surface area contributed by atoms with Crippen LogP contribution in [0.1, 0.15) is 30.4 Å². The lowest BCUT2D eigenvalue weighted by Crippen LogP contribution is -2.46. The molecule has 0 radical (unpaired) electrons. The predicted molar refractivity (Wildman–Crippen MR) is 138 cm³/mol. The van der Waals surface area contributed by atoms with Crippen LogP contribution in [0.5, 0.6) is 0 Å². The third-order valence-electron chi connectivity index (χ3n) is 6.21. The van der Waals surface area contributed by atoms with Gasteiger partial charge in [-0.15, -0.1) is 0 Å². The summed E-state index contributed by atoms with van der Waals surface area (Å²) in [6.07, 6.45) is 4.04. The Morgan fingerprint density at radius 2 is 1.36 bits per heavy atom. The first-order valence-electron chi connectivity index (χ1n) is 12.2. The second-order valence-electron chi connectivity index (χ2n) is 8.59. The predicted octanol–water partition coefficient (Wildman–Crippen LogP) is 5.64. The maximum atomic E-state index is 5.79. The van der Waals surface area contributed by atoms with Gasteiger partial charge < -0.3 is 9.74 Å². The monoisotopic (exact) mass is 441 g/mol. The highest BCUT2D eigenvalue weighted by Crippen LogP contribution is 2.16. The molecule has 0 aromatic heterocycles. The van der Waals surface area contributed by atoms with Crippen molar-refractivity contribution in [3.05, 3.63) is 102 Å². The fourth-order valence-electron chi connectivity index (χ4n) is 4.32. The Morgan fingerprint density at radius 1 is 0.727 bits per heavy atom. The van der Waals surface area contributed by atoms with Crippen LogP contribution in [0.25, 0.3) is 0 Å². The van der Waals surface area contributed by atoms with Crippen LogP contribution >= 0.6 is 0 Å². The number of para-hydroxylation sites is 1. The SMILES string of the molecule is c1ccc(CCC/C(=N\OCCCN2CCN(c3ccccc3)CC2)c2ccccc2)cc1. The van der Waals surface area contributed by atoms with E-state index in [1.54, 1.807) is 0 Å². The summed E-state index contributed by atoms with van der Waals surface area (Å²) in [5.41, 5.74) is 4.90. The van der Waals surface area contributed by atoms with Crippen molar-refractivity contribution in [1.29, 1.82) is 0 Å². The van der Waals surface area contributed by atoms with Gasteiger partial charge in [0, 0.05) is 38.4 Å². The van der Waals surface area contributed by atoms with Crippen LogP contribution in [0.15, 0.2) is 96.2 Å². The van der Waals surface area contributed by atoms with E-state index in [1.807, 2.05) is 6.07 Å². The van der Waals surface area contributed by atoms with Crippen LogP contribution in [0.3, 0.4) is 0 Å². The van der Waals surface area contributed by atoms with Crippen molar-refractivity contribution >= 4 is 11.4 Å². The summed E-state index contributed by atoms with van der Waals surface area (Å²) < 4.78 is 0. The molecule has 1 aliphatic rings. The van der Waals surface area contributed by atoms with E-state index in [1.165, 1.54) is 11.3 Å². The molecule has 0 spiro atoms. The van der Waals surface area contributed by atoms with Crippen molar-refractivity contribution in [2.24, 2.45) is 5.16 Å². The van der Waals surface area contributed by atoms with Gasteiger partial charge in [0.05, 0.1) is 5.71 Å². The lowest BCUT2D eigenvalue weighted by Gasteiger charge is -2.36. The number of aryl methyl sites for hydroxylation is 1. The van der Waals surface area contributed by atoms with Gasteiger partial charge in [-0.2, -0.15) is 0 Å². The van der Waals surface area contributed by atoms with Gasteiger partial charge in [-0.1, -0.05) is 84.0 Å². The molecular formula is C29H35N3O. The number of hydrogen-bond donors (Lipinski definition) is 0. The maximum absolute atomic E-state index is 5.79. The third-order valence-corrected chi connectivity index (χ3v) is 6.21. The molecule has 0 N–H and O–H groups in total. The zero-order chi connectivity index (χ0) is 22.6. The Bertz CT molecular complexity index is 952. The molecule has 33 heavy (non-hydrogen) atoms. The Balaban J connectivity index is 1.19. The summed E-state index contributed by atoms with van der Waals surface area (Å²) in [5, 5.41) is 4.55. The first-order chi connectivity index (χ1) is 16.4. The minimum Gasteiger partial charge on any atom is -0.396 e. The Labute approximate surface area is 198 Å². The zero-order valence-electron chi connectivity index (χ0n) is 19.5. The van der Waals surface area contributed by atoms with Gasteiger partial charge in [-0.3, -0.25) is 4.90 Å². The van der Waals surface area contributed by atoms with E-state index < -0.39 is 0 Å². The summed E-state index contributed by atoms with van der Waals surface area (Å²) in [5.74, 6) is 0. The van der Waals surface area contributed by atoms with Crippen LogP contribution < -0.4 is 4.90 Å². The highest BCUT2D eigenvalue weighted by molar-refractivity contribution is 6.00. The van der Waals surface area contributed by atoms with Gasteiger partial charge in [0.2, 0.25) is 0 Å². The maximum Gasteiger partial charge on any atom is 0.118 e. The molecule has 0 atom stereocenters. The molecule has 1 aliphatic heterocycles. The largest absolute Gasteiger partial charge is 0.396 e. The van der Waals surface area contributed by atoms with E-state index >= 15 is 0 Å². The third kappa shape index (κ3) is 7.47. The average Bonchev–Trinajstić information content (AvgIpc) is 2.89. The molecule has 0 bridgehead atoms. The normalized spacial score (nSPS) is 14.9. The Morgan fingerprint density at radius 3 is 2.06 bits per heavy atom. The number of piperazine rings is 1. The molecule has 4 rings (SSSR count). The van der Waals surface area contributed by atoms with Crippen LogP contribution in [-0.4, -0.2) is 49.9 Å². The highest BCUT2D eigenvalue weighted by atomic mass is 16.6. The molecule has 172 valence electrons. The van der Waals surface area contributed by atoms with Gasteiger partial charge in [0.1, 0.15) is 6.61 Å². The molecule has 0 aliphatic carbocycles. The van der Waals surface area contributed by atoms with Crippen LogP contribution in [-0.2, 0) is 11.3 Å². The molecule has 3 aromatic carbocycles. The van der Waals surface area contributed by atoms with Gasteiger partial charge >= 0.3 is 0 Å². The van der Waals surface area contributed by atoms with Crippen LogP contribution in [0.2, 0.25) is 0 Å². The number of anilines is 1. The lowest BCUT2D eigenvalue weighted by molar-refractivity contribution is 0.127. The van der Waals surface area contributed by atoms with Crippen molar-refractivity contribution in [3.8, 4) is 0 Å². The van der Waals surface area contributed by atoms with Crippen molar-refractivity contribution in [2.45, 2.75) is 25.7 Å². The number of hydrogen-bond acceptors (Lipinski definition) is 4. The standard InChI is InChI=1S/C29H35N3O/c1-4-12-26(13-5-1)14-10-19-29(27-15-6-2-7-16-27)30-33-25-11-20-31-21-23-32(24-22-31)28-17-8-3-9-18-28/h1-9,12-13,15-18H,10-11,14,19-25H2/b30-29+. The summed E-state index contributed by atoms with van der Waals surface area (Å²) in [7, 11) is 0. The summed E-state index contributed by atoms with van der Waals surface area (Å²) in [6.45, 7) is 6.10. The number of nitrogens with zero attached hydrogens (tertiary/aromatic N) is 3. The van der Waals surface area contributed by atoms with E-state index in [0.29, 0.717) is 6.61 Å². The van der Waals surface area contributed by atoms with E-state index in [9.17, 15) is 0 Å². The first kappa shape index (κ1) is 23.1. The van der Waals surface area contributed by atoms with Crippen LogP contribution in [0, 0.1) is 0 Å². The minimum absolute atomic E-state index is 0.661. The molecular weight excluding hydrogens is 406 g/mol. The van der Waals surface area contributed by atoms with Crippen molar-refractivity contribution < 1.29 is 4.84 Å². The fourth-order valence-corrected chi connectivity index (χ4v) is 4.32. The highest BCUT2D eigenvalue weighted by Gasteiger charge is 2.16. The molecule has 0 unspecified atom stereocenters. The molecule has 0 amide bonds. The first-order valence-corrected chi connectivity index (χ1v) is 12.2. The summed E-state index contributed by atoms with van der Waals surface area (Å²) >= 11 is 0. The van der Waals surface area contributed by atoms with Crippen LogP contribution in [0.4, 0.5) is 5.69 Å². The zero-order valence-corrected chi connectivity index (χ0v) is 19.5. The van der Waals surface area contributed by atoms with Gasteiger partial charge in [0.25, 0.3) is 0 Å². The quantitative estimate of drug-likeness (QED) is 0.219. The van der Waals surface area contributed by atoms with Gasteiger partial charge in [-0.05, 0) is 48.9 Å². The fraction of sp³-hybridized carbons (Fsp3) is 0.345. The molecule has 1 heterocycles. The Hall–Kier alpha value is -3.11. The number of rotatable bonds is 11. The second kappa shape index (κ2) is 12.8. The molecule has 1 fully saturated rings. The second-order valence-corrected chi connectivity index (χ2v) is 8.59. The van der Waals surface area contributed by atoms with Crippen molar-refractivity contribution in [2.75, 3.05) is 44.2 Å². The van der Waals surface area contributed by atoms with E-state index in [-0.39, 0.29) is 0 Å². The summed E-state index contributed by atoms with van der Waals surface area (Å²) in [4.78, 5) is 10.8. The smallest absolute Gasteiger partial charge is 0.118 e. The molecule has 1 saturated heterocycles. The van der Waals surface area contributed by atoms with Crippen molar-refractivity contribution in [1.82, 2.24) is 4.90 Å². The lowest BCUT2D eigenvalue weighted by atomic mass is 10.0. The van der Waals surface area contributed by atoms with Gasteiger partial charge in [0.15, 0.2) is 0 Å². The van der Waals surface area contributed by atoms with Gasteiger partial charge in [-0.25, -0.2) is 0 Å².